The second kappa shape index (κ2) is 8.04. The van der Waals surface area contributed by atoms with Crippen LogP contribution in [-0.2, 0) is 4.79 Å². The highest BCUT2D eigenvalue weighted by molar-refractivity contribution is 8.13. The zero-order valence-electron chi connectivity index (χ0n) is 15.7. The lowest BCUT2D eigenvalue weighted by Gasteiger charge is -2.34. The maximum atomic E-state index is 12.9. The van der Waals surface area contributed by atoms with E-state index in [1.807, 2.05) is 24.3 Å². The number of carbonyl (C=O) groups excluding carboxylic acids is 1. The fraction of sp³-hybridized carbons (Fsp3) is 0.250. The third-order valence-electron chi connectivity index (χ3n) is 4.65. The first-order valence-electron chi connectivity index (χ1n) is 9.32. The molecular formula is C20H19N5O3S. The highest BCUT2D eigenvalue weighted by atomic mass is 32.2. The molecule has 0 aromatic heterocycles. The minimum atomic E-state index is -0.575. The number of hydrogen-bond donors (Lipinski definition) is 1. The molecule has 29 heavy (non-hydrogen) atoms. The molecule has 0 radical (unpaired) electrons. The highest BCUT2D eigenvalue weighted by Gasteiger charge is 2.34. The highest BCUT2D eigenvalue weighted by Crippen LogP contribution is 2.31. The second-order valence-electron chi connectivity index (χ2n) is 6.62. The lowest BCUT2D eigenvalue weighted by molar-refractivity contribution is -0.384. The average Bonchev–Trinajstić information content (AvgIpc) is 2.73. The van der Waals surface area contributed by atoms with E-state index in [-0.39, 0.29) is 11.6 Å². The Morgan fingerprint density at radius 2 is 1.97 bits per heavy atom. The fourth-order valence-electron chi connectivity index (χ4n) is 3.19. The molecule has 2 aliphatic rings. The Hall–Kier alpha value is -3.20. The van der Waals surface area contributed by atoms with E-state index in [1.54, 1.807) is 17.1 Å². The van der Waals surface area contributed by atoms with Crippen LogP contribution in [0.25, 0.3) is 5.70 Å². The normalized spacial score (nSPS) is 17.6. The van der Waals surface area contributed by atoms with Crippen LogP contribution in [0.3, 0.4) is 0 Å². The predicted molar refractivity (Wildman–Crippen MR) is 111 cm³/mol. The maximum Gasteiger partial charge on any atom is 0.276 e. The van der Waals surface area contributed by atoms with Crippen LogP contribution in [0.4, 0.5) is 5.69 Å². The zero-order chi connectivity index (χ0) is 20.4. The average molecular weight is 409 g/mol. The summed E-state index contributed by atoms with van der Waals surface area (Å²) in [6.07, 6.45) is 1.51. The summed E-state index contributed by atoms with van der Waals surface area (Å²) in [7, 11) is 0. The van der Waals surface area contributed by atoms with Crippen LogP contribution < -0.4 is 15.9 Å². The second-order valence-corrected chi connectivity index (χ2v) is 7.71. The molecule has 8 nitrogen and oxygen atoms in total. The van der Waals surface area contributed by atoms with Gasteiger partial charge < -0.3 is 0 Å². The van der Waals surface area contributed by atoms with Crippen molar-refractivity contribution in [1.82, 2.24) is 10.3 Å². The van der Waals surface area contributed by atoms with E-state index < -0.39 is 11.1 Å². The number of nitrogens with zero attached hydrogens (tertiary/aromatic N) is 4. The Kier molecular flexibility index (Phi) is 5.30. The molecule has 9 heteroatoms. The predicted octanol–water partition coefficient (Wildman–Crippen LogP) is 2.27. The lowest BCUT2D eigenvalue weighted by atomic mass is 10.1. The molecule has 2 heterocycles. The van der Waals surface area contributed by atoms with Crippen molar-refractivity contribution in [2.75, 3.05) is 5.75 Å². The van der Waals surface area contributed by atoms with Gasteiger partial charge in [-0.25, -0.2) is 5.01 Å². The third-order valence-corrected chi connectivity index (χ3v) is 5.60. The van der Waals surface area contributed by atoms with Crippen molar-refractivity contribution in [3.8, 4) is 0 Å². The number of para-hydroxylation sites is 1. The first-order valence-corrected chi connectivity index (χ1v) is 10.3. The molecule has 1 N–H and O–H groups in total. The monoisotopic (exact) mass is 409 g/mol. The summed E-state index contributed by atoms with van der Waals surface area (Å²) in [6, 6.07) is 13.6. The molecule has 0 fully saturated rings. The molecule has 2 aliphatic heterocycles. The molecule has 0 saturated heterocycles. The van der Waals surface area contributed by atoms with E-state index in [9.17, 15) is 14.9 Å². The molecule has 0 aliphatic carbocycles. The minimum absolute atomic E-state index is 0.00450. The van der Waals surface area contributed by atoms with Crippen molar-refractivity contribution < 1.29 is 9.72 Å². The Morgan fingerprint density at radius 3 is 2.69 bits per heavy atom. The van der Waals surface area contributed by atoms with Gasteiger partial charge in [0.2, 0.25) is 0 Å². The summed E-state index contributed by atoms with van der Waals surface area (Å²) < 4.78 is 0. The van der Waals surface area contributed by atoms with E-state index in [0.717, 1.165) is 24.2 Å². The van der Waals surface area contributed by atoms with Crippen LogP contribution >= 0.6 is 11.8 Å². The quantitative estimate of drug-likeness (QED) is 0.464. The number of nitro groups is 1. The first-order chi connectivity index (χ1) is 14.1. The molecule has 4 rings (SSSR count). The number of unbranched alkanes of at least 4 members (excludes halogenated alkanes) is 1. The van der Waals surface area contributed by atoms with E-state index in [2.05, 4.69) is 17.3 Å². The van der Waals surface area contributed by atoms with Crippen LogP contribution in [0.5, 0.6) is 0 Å². The van der Waals surface area contributed by atoms with E-state index >= 15 is 0 Å². The fourth-order valence-corrected chi connectivity index (χ4v) is 4.13. The zero-order valence-corrected chi connectivity index (χ0v) is 16.6. The number of carbonyl (C=O) groups is 1. The number of nitrogens with one attached hydrogen (secondary N) is 1. The standard InChI is InChI=1S/C20H19N5O3S/c1-2-3-12-29-20-22-19(26)17-15-6-4-5-7-16(15)21-18(24(17)23-20)13-8-10-14(11-9-13)25(27)28/h4-11,18H,2-3,12H2,1H3,(H,22,23,26)/t18-/m1/s1. The number of benzene rings is 2. The number of thioether (sulfide) groups is 1. The molecule has 1 atom stereocenters. The summed E-state index contributed by atoms with van der Waals surface area (Å²) in [4.78, 5) is 28.3. The molecule has 1 amide bonds. The van der Waals surface area contributed by atoms with Crippen LogP contribution in [0.2, 0.25) is 0 Å². The molecule has 2 aromatic carbocycles. The van der Waals surface area contributed by atoms with Crippen molar-refractivity contribution in [2.24, 2.45) is 10.1 Å². The van der Waals surface area contributed by atoms with Gasteiger partial charge >= 0.3 is 0 Å². The lowest BCUT2D eigenvalue weighted by Crippen LogP contribution is -2.50. The van der Waals surface area contributed by atoms with Gasteiger partial charge in [0.05, 0.1) is 10.3 Å². The number of rotatable bonds is 5. The van der Waals surface area contributed by atoms with Crippen LogP contribution in [0, 0.1) is 10.1 Å². The summed E-state index contributed by atoms with van der Waals surface area (Å²) in [5.74, 6) is 0.627. The Bertz CT molecular complexity index is 1110. The molecule has 0 unspecified atom stereocenters. The van der Waals surface area contributed by atoms with Crippen molar-refractivity contribution in [3.63, 3.8) is 0 Å². The van der Waals surface area contributed by atoms with Crippen LogP contribution in [0.15, 0.2) is 58.6 Å². The largest absolute Gasteiger partial charge is 0.298 e. The number of nitro benzene ring substituents is 1. The SMILES string of the molecule is CCCCSC1=NN2C(=c3ccccc3=N[C@H]2c2ccc([N+](=O)[O-])cc2)C(=O)N1. The van der Waals surface area contributed by atoms with Gasteiger partial charge in [0.25, 0.3) is 11.6 Å². The summed E-state index contributed by atoms with van der Waals surface area (Å²) in [5, 5.41) is 22.1. The first kappa shape index (κ1) is 19.1. The molecule has 0 spiro atoms. The van der Waals surface area contributed by atoms with E-state index in [1.165, 1.54) is 23.9 Å². The number of hydrogen-bond acceptors (Lipinski definition) is 7. The number of hydrazone groups is 1. The number of non-ortho nitro benzene ring substituents is 1. The van der Waals surface area contributed by atoms with Gasteiger partial charge in [-0.05, 0) is 30.2 Å². The van der Waals surface area contributed by atoms with Crippen molar-refractivity contribution >= 4 is 34.2 Å². The summed E-state index contributed by atoms with van der Waals surface area (Å²) in [6.45, 7) is 2.11. The van der Waals surface area contributed by atoms with E-state index in [0.29, 0.717) is 21.4 Å². The molecule has 148 valence electrons. The topological polar surface area (TPSA) is 100 Å². The minimum Gasteiger partial charge on any atom is -0.298 e. The number of amidine groups is 1. The third kappa shape index (κ3) is 3.73. The van der Waals surface area contributed by atoms with Crippen LogP contribution in [-0.4, -0.2) is 26.8 Å². The molecular weight excluding hydrogens is 390 g/mol. The van der Waals surface area contributed by atoms with Crippen molar-refractivity contribution in [1.29, 1.82) is 0 Å². The number of fused-ring (bicyclic) bond motifs is 2. The molecule has 2 aromatic rings. The van der Waals surface area contributed by atoms with Crippen molar-refractivity contribution in [2.45, 2.75) is 25.9 Å². The van der Waals surface area contributed by atoms with Gasteiger partial charge in [0.1, 0.15) is 5.70 Å². The number of amides is 1. The Morgan fingerprint density at radius 1 is 1.21 bits per heavy atom. The van der Waals surface area contributed by atoms with Gasteiger partial charge in [-0.2, -0.15) is 0 Å². The van der Waals surface area contributed by atoms with E-state index in [4.69, 9.17) is 4.99 Å². The summed E-state index contributed by atoms with van der Waals surface area (Å²) in [5.41, 5.74) is 1.16. The van der Waals surface area contributed by atoms with Gasteiger partial charge in [-0.15, -0.1) is 5.10 Å². The Balaban J connectivity index is 1.81. The van der Waals surface area contributed by atoms with Crippen molar-refractivity contribution in [3.05, 3.63) is 74.8 Å². The Labute approximate surface area is 171 Å². The molecule has 0 saturated carbocycles. The van der Waals surface area contributed by atoms with Gasteiger partial charge in [-0.3, -0.25) is 25.2 Å². The molecule has 0 bridgehead atoms. The van der Waals surface area contributed by atoms with Gasteiger partial charge in [0, 0.05) is 23.1 Å². The van der Waals surface area contributed by atoms with Gasteiger partial charge in [-0.1, -0.05) is 43.3 Å². The maximum absolute atomic E-state index is 12.9. The summed E-state index contributed by atoms with van der Waals surface area (Å²) >= 11 is 1.50. The van der Waals surface area contributed by atoms with Crippen LogP contribution in [0.1, 0.15) is 31.5 Å². The van der Waals surface area contributed by atoms with Gasteiger partial charge in [0.15, 0.2) is 11.3 Å². The smallest absolute Gasteiger partial charge is 0.276 e.